The molecular weight excluding hydrogens is 216 g/mol. The summed E-state index contributed by atoms with van der Waals surface area (Å²) in [6.07, 6.45) is 3.80. The Balaban J connectivity index is 2.21. The van der Waals surface area contributed by atoms with E-state index in [1.165, 1.54) is 18.4 Å². The Bertz CT molecular complexity index is 292. The molecule has 0 spiro atoms. The van der Waals surface area contributed by atoms with E-state index in [1.54, 1.807) is 6.07 Å². The summed E-state index contributed by atoms with van der Waals surface area (Å²) in [6, 6.07) is 5.47. The number of phenols is 1. The molecule has 0 heterocycles. The lowest BCUT2D eigenvalue weighted by Crippen LogP contribution is -1.87. The third-order valence-corrected chi connectivity index (χ3v) is 3.01. The molecule has 1 N–H and O–H groups in total. The molecular formula is C10H11BrO. The molecule has 1 aliphatic rings. The first-order chi connectivity index (χ1) is 5.75. The van der Waals surface area contributed by atoms with Gasteiger partial charge in [-0.05, 0) is 48.9 Å². The van der Waals surface area contributed by atoms with Crippen LogP contribution in [0.2, 0.25) is 0 Å². The van der Waals surface area contributed by atoms with Gasteiger partial charge in [0.05, 0.1) is 0 Å². The van der Waals surface area contributed by atoms with E-state index in [-0.39, 0.29) is 0 Å². The van der Waals surface area contributed by atoms with Crippen molar-refractivity contribution in [3.8, 4) is 5.75 Å². The van der Waals surface area contributed by atoms with E-state index in [4.69, 9.17) is 0 Å². The summed E-state index contributed by atoms with van der Waals surface area (Å²) in [5.74, 6) is 1.23. The maximum atomic E-state index is 9.25. The van der Waals surface area contributed by atoms with Gasteiger partial charge in [0.25, 0.3) is 0 Å². The molecule has 1 aromatic rings. The molecule has 0 atom stereocenters. The van der Waals surface area contributed by atoms with Crippen LogP contribution >= 0.6 is 15.9 Å². The van der Waals surface area contributed by atoms with Gasteiger partial charge in [-0.15, -0.1) is 0 Å². The van der Waals surface area contributed by atoms with Crippen LogP contribution in [0.15, 0.2) is 22.7 Å². The summed E-state index contributed by atoms with van der Waals surface area (Å²) in [4.78, 5) is 0. The summed E-state index contributed by atoms with van der Waals surface area (Å²) < 4.78 is 1.12. The standard InChI is InChI=1S/C10H11BrO/c11-10-4-3-9(12)6-8(10)5-7-1-2-7/h3-4,6-7,12H,1-2,5H2. The highest BCUT2D eigenvalue weighted by Gasteiger charge is 2.22. The molecule has 1 aromatic carbocycles. The van der Waals surface area contributed by atoms with Crippen LogP contribution in [-0.2, 0) is 6.42 Å². The molecule has 0 aliphatic heterocycles. The van der Waals surface area contributed by atoms with Crippen molar-refractivity contribution in [3.63, 3.8) is 0 Å². The molecule has 2 rings (SSSR count). The van der Waals surface area contributed by atoms with Crippen molar-refractivity contribution in [3.05, 3.63) is 28.2 Å². The zero-order chi connectivity index (χ0) is 8.55. The number of benzene rings is 1. The van der Waals surface area contributed by atoms with Crippen LogP contribution in [0.1, 0.15) is 18.4 Å². The van der Waals surface area contributed by atoms with Gasteiger partial charge < -0.3 is 5.11 Å². The van der Waals surface area contributed by atoms with E-state index in [0.29, 0.717) is 5.75 Å². The van der Waals surface area contributed by atoms with Gasteiger partial charge in [-0.25, -0.2) is 0 Å². The van der Waals surface area contributed by atoms with E-state index in [2.05, 4.69) is 15.9 Å². The van der Waals surface area contributed by atoms with Crippen molar-refractivity contribution in [2.45, 2.75) is 19.3 Å². The summed E-state index contributed by atoms with van der Waals surface area (Å²) >= 11 is 3.48. The molecule has 2 heteroatoms. The number of halogens is 1. The Morgan fingerprint density at radius 2 is 2.17 bits per heavy atom. The van der Waals surface area contributed by atoms with Gasteiger partial charge in [0.1, 0.15) is 5.75 Å². The van der Waals surface area contributed by atoms with Crippen LogP contribution in [0.5, 0.6) is 5.75 Å². The van der Waals surface area contributed by atoms with Crippen LogP contribution in [0.25, 0.3) is 0 Å². The first-order valence-electron chi connectivity index (χ1n) is 4.23. The fourth-order valence-electron chi connectivity index (χ4n) is 1.35. The van der Waals surface area contributed by atoms with Crippen LogP contribution in [0.3, 0.4) is 0 Å². The molecule has 0 unspecified atom stereocenters. The second-order valence-corrected chi connectivity index (χ2v) is 4.28. The minimum atomic E-state index is 0.369. The summed E-state index contributed by atoms with van der Waals surface area (Å²) in [6.45, 7) is 0. The second-order valence-electron chi connectivity index (χ2n) is 3.42. The van der Waals surface area contributed by atoms with Crippen molar-refractivity contribution in [1.82, 2.24) is 0 Å². The Morgan fingerprint density at radius 3 is 2.83 bits per heavy atom. The molecule has 0 amide bonds. The van der Waals surface area contributed by atoms with E-state index in [1.807, 2.05) is 12.1 Å². The quantitative estimate of drug-likeness (QED) is 0.822. The van der Waals surface area contributed by atoms with E-state index in [0.717, 1.165) is 16.8 Å². The third-order valence-electron chi connectivity index (χ3n) is 2.23. The Labute approximate surface area is 80.5 Å². The lowest BCUT2D eigenvalue weighted by molar-refractivity contribution is 0.474. The molecule has 1 fully saturated rings. The summed E-state index contributed by atoms with van der Waals surface area (Å²) in [5.41, 5.74) is 1.23. The van der Waals surface area contributed by atoms with Gasteiger partial charge in [-0.1, -0.05) is 15.9 Å². The minimum absolute atomic E-state index is 0.369. The third kappa shape index (κ3) is 1.81. The average molecular weight is 227 g/mol. The molecule has 0 radical (unpaired) electrons. The average Bonchev–Trinajstić information content (AvgIpc) is 2.81. The highest BCUT2D eigenvalue weighted by Crippen LogP contribution is 2.35. The van der Waals surface area contributed by atoms with Crippen LogP contribution in [0.4, 0.5) is 0 Å². The zero-order valence-electron chi connectivity index (χ0n) is 6.76. The van der Waals surface area contributed by atoms with Gasteiger partial charge in [0.15, 0.2) is 0 Å². The summed E-state index contributed by atoms with van der Waals surface area (Å²) in [7, 11) is 0. The highest BCUT2D eigenvalue weighted by atomic mass is 79.9. The number of aromatic hydroxyl groups is 1. The predicted octanol–water partition coefficient (Wildman–Crippen LogP) is 3.11. The first-order valence-corrected chi connectivity index (χ1v) is 5.02. The number of hydrogen-bond acceptors (Lipinski definition) is 1. The predicted molar refractivity (Wildman–Crippen MR) is 52.2 cm³/mol. The molecule has 1 aliphatic carbocycles. The number of phenolic OH excluding ortho intramolecular Hbond substituents is 1. The fraction of sp³-hybridized carbons (Fsp3) is 0.400. The second kappa shape index (κ2) is 3.09. The number of rotatable bonds is 2. The van der Waals surface area contributed by atoms with Crippen LogP contribution < -0.4 is 0 Å². The normalized spacial score (nSPS) is 16.4. The zero-order valence-corrected chi connectivity index (χ0v) is 8.34. The van der Waals surface area contributed by atoms with Gasteiger partial charge in [0, 0.05) is 4.47 Å². The van der Waals surface area contributed by atoms with Crippen LogP contribution in [0, 0.1) is 5.92 Å². The topological polar surface area (TPSA) is 20.2 Å². The number of hydrogen-bond donors (Lipinski definition) is 1. The highest BCUT2D eigenvalue weighted by molar-refractivity contribution is 9.10. The Morgan fingerprint density at radius 1 is 1.42 bits per heavy atom. The molecule has 0 aromatic heterocycles. The van der Waals surface area contributed by atoms with Gasteiger partial charge in [-0.3, -0.25) is 0 Å². The fourth-order valence-corrected chi connectivity index (χ4v) is 1.76. The Kier molecular flexibility index (Phi) is 2.09. The smallest absolute Gasteiger partial charge is 0.115 e. The first kappa shape index (κ1) is 8.11. The van der Waals surface area contributed by atoms with E-state index >= 15 is 0 Å². The SMILES string of the molecule is Oc1ccc(Br)c(CC2CC2)c1. The lowest BCUT2D eigenvalue weighted by atomic mass is 10.1. The van der Waals surface area contributed by atoms with Crippen molar-refractivity contribution < 1.29 is 5.11 Å². The van der Waals surface area contributed by atoms with Gasteiger partial charge in [-0.2, -0.15) is 0 Å². The van der Waals surface area contributed by atoms with Crippen molar-refractivity contribution in [2.75, 3.05) is 0 Å². The van der Waals surface area contributed by atoms with E-state index in [9.17, 15) is 5.11 Å². The molecule has 0 bridgehead atoms. The van der Waals surface area contributed by atoms with E-state index < -0.39 is 0 Å². The van der Waals surface area contributed by atoms with Gasteiger partial charge in [0.2, 0.25) is 0 Å². The van der Waals surface area contributed by atoms with Crippen LogP contribution in [-0.4, -0.2) is 5.11 Å². The largest absolute Gasteiger partial charge is 0.508 e. The maximum Gasteiger partial charge on any atom is 0.115 e. The summed E-state index contributed by atoms with van der Waals surface area (Å²) in [5, 5.41) is 9.25. The molecule has 1 saturated carbocycles. The lowest BCUT2D eigenvalue weighted by Gasteiger charge is -2.03. The van der Waals surface area contributed by atoms with Crippen molar-refractivity contribution >= 4 is 15.9 Å². The minimum Gasteiger partial charge on any atom is -0.508 e. The molecule has 64 valence electrons. The maximum absolute atomic E-state index is 9.25. The Hall–Kier alpha value is -0.500. The molecule has 12 heavy (non-hydrogen) atoms. The van der Waals surface area contributed by atoms with Gasteiger partial charge >= 0.3 is 0 Å². The molecule has 0 saturated heterocycles. The monoisotopic (exact) mass is 226 g/mol. The van der Waals surface area contributed by atoms with Crippen molar-refractivity contribution in [1.29, 1.82) is 0 Å². The molecule has 1 nitrogen and oxygen atoms in total. The van der Waals surface area contributed by atoms with Crippen molar-refractivity contribution in [2.24, 2.45) is 5.92 Å².